The largest absolute Gasteiger partial charge is 0.437 e. The molecule has 0 N–H and O–H groups in total. The first-order valence-corrected chi connectivity index (χ1v) is 9.22. The Morgan fingerprint density at radius 3 is 2.58 bits per heavy atom. The van der Waals surface area contributed by atoms with Crippen LogP contribution in [0, 0.1) is 19.8 Å². The predicted octanol–water partition coefficient (Wildman–Crippen LogP) is 5.29. The summed E-state index contributed by atoms with van der Waals surface area (Å²) in [6.07, 6.45) is 3.22. The van der Waals surface area contributed by atoms with E-state index in [2.05, 4.69) is 73.9 Å². The Hall–Kier alpha value is -2.68. The predicted molar refractivity (Wildman–Crippen MR) is 106 cm³/mol. The van der Waals surface area contributed by atoms with Crippen molar-refractivity contribution in [2.45, 2.75) is 34.1 Å². The molecule has 3 heteroatoms. The van der Waals surface area contributed by atoms with Crippen molar-refractivity contribution in [3.63, 3.8) is 0 Å². The van der Waals surface area contributed by atoms with Crippen molar-refractivity contribution in [3.8, 4) is 11.3 Å². The molecule has 4 aromatic rings. The van der Waals surface area contributed by atoms with Crippen molar-refractivity contribution in [1.29, 1.82) is 0 Å². The molecule has 0 saturated heterocycles. The van der Waals surface area contributed by atoms with E-state index in [9.17, 15) is 0 Å². The van der Waals surface area contributed by atoms with Crippen LogP contribution in [-0.4, -0.2) is 4.98 Å². The van der Waals surface area contributed by atoms with E-state index in [0.29, 0.717) is 11.6 Å². The summed E-state index contributed by atoms with van der Waals surface area (Å²) in [6.45, 7) is 8.65. The first-order valence-electron chi connectivity index (χ1n) is 9.22. The maximum atomic E-state index is 6.25. The monoisotopic (exact) mass is 345 g/mol. The number of fused-ring (bicyclic) bond motifs is 3. The summed E-state index contributed by atoms with van der Waals surface area (Å²) in [7, 11) is 2.10. The van der Waals surface area contributed by atoms with Crippen LogP contribution in [0.3, 0.4) is 0 Å². The van der Waals surface area contributed by atoms with Crippen LogP contribution in [0.2, 0.25) is 0 Å². The number of hydrogen-bond donors (Lipinski definition) is 0. The van der Waals surface area contributed by atoms with Gasteiger partial charge in [0.25, 0.3) is 0 Å². The quantitative estimate of drug-likeness (QED) is 0.472. The second kappa shape index (κ2) is 6.24. The van der Waals surface area contributed by atoms with E-state index in [1.165, 1.54) is 16.8 Å². The summed E-state index contributed by atoms with van der Waals surface area (Å²) < 4.78 is 8.43. The van der Waals surface area contributed by atoms with Crippen LogP contribution in [-0.2, 0) is 13.5 Å². The number of hydrogen-bond acceptors (Lipinski definition) is 2. The molecule has 0 fully saturated rings. The molecule has 0 radical (unpaired) electrons. The van der Waals surface area contributed by atoms with E-state index in [0.717, 1.165) is 34.0 Å². The Balaban J connectivity index is 2.02. The van der Waals surface area contributed by atoms with Crippen molar-refractivity contribution in [2.75, 3.05) is 0 Å². The van der Waals surface area contributed by atoms with E-state index >= 15 is 0 Å². The van der Waals surface area contributed by atoms with Crippen molar-refractivity contribution < 1.29 is 8.98 Å². The fourth-order valence-corrected chi connectivity index (χ4v) is 3.69. The van der Waals surface area contributed by atoms with Crippen LogP contribution < -0.4 is 4.57 Å². The molecule has 4 rings (SSSR count). The smallest absolute Gasteiger partial charge is 0.227 e. The summed E-state index contributed by atoms with van der Waals surface area (Å²) >= 11 is 0. The normalized spacial score (nSPS) is 11.8. The molecule has 0 amide bonds. The summed E-state index contributed by atoms with van der Waals surface area (Å²) in [5.74, 6) is 0.630. The molecule has 3 aromatic heterocycles. The molecule has 0 spiro atoms. The fraction of sp³-hybridized carbons (Fsp3) is 0.304. The van der Waals surface area contributed by atoms with Crippen LogP contribution in [0.5, 0.6) is 0 Å². The number of aromatic nitrogens is 2. The van der Waals surface area contributed by atoms with E-state index < -0.39 is 0 Å². The molecule has 0 atom stereocenters. The van der Waals surface area contributed by atoms with Gasteiger partial charge >= 0.3 is 0 Å². The maximum absolute atomic E-state index is 6.25. The zero-order valence-electron chi connectivity index (χ0n) is 16.1. The number of rotatable bonds is 3. The van der Waals surface area contributed by atoms with Gasteiger partial charge in [0.1, 0.15) is 7.05 Å². The lowest BCUT2D eigenvalue weighted by atomic mass is 9.97. The minimum Gasteiger partial charge on any atom is -0.437 e. The molecular formula is C23H25N2O+. The Morgan fingerprint density at radius 1 is 1.04 bits per heavy atom. The number of nitrogens with zero attached hydrogens (tertiary/aromatic N) is 2. The number of furan rings is 1. The molecule has 26 heavy (non-hydrogen) atoms. The van der Waals surface area contributed by atoms with Gasteiger partial charge in [-0.05, 0) is 49.4 Å². The molecule has 0 bridgehead atoms. The molecule has 0 saturated carbocycles. The molecular weight excluding hydrogens is 320 g/mol. The highest BCUT2D eigenvalue weighted by atomic mass is 16.3. The third kappa shape index (κ3) is 2.78. The summed E-state index contributed by atoms with van der Waals surface area (Å²) in [4.78, 5) is 4.58. The maximum Gasteiger partial charge on any atom is 0.227 e. The molecule has 0 aliphatic heterocycles. The van der Waals surface area contributed by atoms with Gasteiger partial charge in [-0.2, -0.15) is 0 Å². The topological polar surface area (TPSA) is 29.9 Å². The average molecular weight is 345 g/mol. The molecule has 132 valence electrons. The third-order valence-corrected chi connectivity index (χ3v) is 4.97. The summed E-state index contributed by atoms with van der Waals surface area (Å²) in [5, 5.41) is 2.20. The zero-order valence-corrected chi connectivity index (χ0v) is 16.1. The first-order chi connectivity index (χ1) is 12.4. The fourth-order valence-electron chi connectivity index (χ4n) is 3.69. The van der Waals surface area contributed by atoms with Crippen molar-refractivity contribution in [3.05, 3.63) is 59.4 Å². The van der Waals surface area contributed by atoms with Gasteiger partial charge in [0.15, 0.2) is 11.8 Å². The summed E-state index contributed by atoms with van der Waals surface area (Å²) in [6, 6.07) is 13.0. The standard InChI is InChI=1S/C23H25N2O/c1-14(2)12-17-10-11-25(5)20(13-17)21-15(3)6-8-18-19-9-7-16(4)24-23(19)26-22(18)21/h6-11,13-14H,12H2,1-5H3/q+1. The lowest BCUT2D eigenvalue weighted by Gasteiger charge is -2.09. The van der Waals surface area contributed by atoms with Gasteiger partial charge in [-0.25, -0.2) is 9.55 Å². The molecule has 3 heterocycles. The van der Waals surface area contributed by atoms with Gasteiger partial charge in [-0.1, -0.05) is 26.0 Å². The minimum absolute atomic E-state index is 0.630. The molecule has 1 aromatic carbocycles. The van der Waals surface area contributed by atoms with Gasteiger partial charge in [0.2, 0.25) is 11.4 Å². The second-order valence-electron chi connectivity index (χ2n) is 7.67. The van der Waals surface area contributed by atoms with Gasteiger partial charge < -0.3 is 4.42 Å². The second-order valence-corrected chi connectivity index (χ2v) is 7.67. The minimum atomic E-state index is 0.630. The highest BCUT2D eigenvalue weighted by Crippen LogP contribution is 2.36. The average Bonchev–Trinajstić information content (AvgIpc) is 2.93. The van der Waals surface area contributed by atoms with Crippen molar-refractivity contribution in [1.82, 2.24) is 4.98 Å². The highest BCUT2D eigenvalue weighted by Gasteiger charge is 2.21. The van der Waals surface area contributed by atoms with E-state index in [4.69, 9.17) is 4.42 Å². The Kier molecular flexibility index (Phi) is 4.03. The van der Waals surface area contributed by atoms with Crippen LogP contribution in [0.15, 0.2) is 47.0 Å². The Labute approximate surface area is 154 Å². The molecule has 0 unspecified atom stereocenters. The number of pyridine rings is 2. The first kappa shape index (κ1) is 16.8. The van der Waals surface area contributed by atoms with Gasteiger partial charge in [0, 0.05) is 28.6 Å². The lowest BCUT2D eigenvalue weighted by Crippen LogP contribution is -2.31. The van der Waals surface area contributed by atoms with Gasteiger partial charge in [-0.15, -0.1) is 0 Å². The highest BCUT2D eigenvalue weighted by molar-refractivity contribution is 6.08. The van der Waals surface area contributed by atoms with Crippen molar-refractivity contribution in [2.24, 2.45) is 13.0 Å². The molecule has 0 aliphatic carbocycles. The molecule has 3 nitrogen and oxygen atoms in total. The van der Waals surface area contributed by atoms with Crippen molar-refractivity contribution >= 4 is 22.1 Å². The van der Waals surface area contributed by atoms with Crippen LogP contribution in [0.25, 0.3) is 33.3 Å². The zero-order chi connectivity index (χ0) is 18.4. The van der Waals surface area contributed by atoms with Crippen LogP contribution in [0.1, 0.15) is 30.7 Å². The van der Waals surface area contributed by atoms with E-state index in [-0.39, 0.29) is 0 Å². The van der Waals surface area contributed by atoms with Crippen LogP contribution >= 0.6 is 0 Å². The van der Waals surface area contributed by atoms with E-state index in [1.54, 1.807) is 0 Å². The van der Waals surface area contributed by atoms with Crippen LogP contribution in [0.4, 0.5) is 0 Å². The van der Waals surface area contributed by atoms with E-state index in [1.807, 2.05) is 13.0 Å². The number of benzene rings is 1. The summed E-state index contributed by atoms with van der Waals surface area (Å²) in [5.41, 5.74) is 7.52. The van der Waals surface area contributed by atoms with Gasteiger partial charge in [0.05, 0.1) is 5.56 Å². The SMILES string of the molecule is Cc1ccc2c(n1)oc1c(-c3cc(CC(C)C)cc[n+]3C)c(C)ccc12. The lowest BCUT2D eigenvalue weighted by molar-refractivity contribution is -0.660. The Bertz CT molecular complexity index is 1120. The van der Waals surface area contributed by atoms with Gasteiger partial charge in [-0.3, -0.25) is 0 Å². The molecule has 0 aliphatic rings. The number of aryl methyl sites for hydroxylation is 3. The third-order valence-electron chi connectivity index (χ3n) is 4.97. The Morgan fingerprint density at radius 2 is 1.81 bits per heavy atom.